The van der Waals surface area contributed by atoms with Gasteiger partial charge in [-0.15, -0.1) is 0 Å². The molecular weight excluding hydrogens is 254 g/mol. The minimum atomic E-state index is -0.0380. The van der Waals surface area contributed by atoms with E-state index in [4.69, 9.17) is 4.74 Å². The molecule has 4 heteroatoms. The first-order valence-electron chi connectivity index (χ1n) is 6.44. The van der Waals surface area contributed by atoms with Crippen LogP contribution in [0.15, 0.2) is 42.5 Å². The SMILES string of the molecule is COc1ccc([C@H]2CC(=O)Nc3cc(O)ccc32)cc1. The first-order chi connectivity index (χ1) is 9.67. The van der Waals surface area contributed by atoms with Crippen molar-refractivity contribution in [1.82, 2.24) is 0 Å². The Labute approximate surface area is 117 Å². The molecule has 0 saturated carbocycles. The Bertz CT molecular complexity index is 649. The Balaban J connectivity index is 2.03. The lowest BCUT2D eigenvalue weighted by Crippen LogP contribution is -2.23. The number of amides is 1. The standard InChI is InChI=1S/C16H15NO3/c1-20-12-5-2-10(3-6-12)14-9-16(19)17-15-8-11(18)4-7-13(14)15/h2-8,14,18H,9H2,1H3,(H,17,19)/t14-/m1/s1. The van der Waals surface area contributed by atoms with Crippen LogP contribution in [0.3, 0.4) is 0 Å². The highest BCUT2D eigenvalue weighted by Gasteiger charge is 2.26. The number of ether oxygens (including phenoxy) is 1. The van der Waals surface area contributed by atoms with Crippen molar-refractivity contribution < 1.29 is 14.6 Å². The van der Waals surface area contributed by atoms with Gasteiger partial charge < -0.3 is 15.2 Å². The molecule has 0 aliphatic carbocycles. The van der Waals surface area contributed by atoms with E-state index in [9.17, 15) is 9.90 Å². The molecule has 1 amide bonds. The molecule has 1 aliphatic heterocycles. The van der Waals surface area contributed by atoms with E-state index in [1.807, 2.05) is 30.3 Å². The summed E-state index contributed by atoms with van der Waals surface area (Å²) in [5.41, 5.74) is 2.77. The Kier molecular flexibility index (Phi) is 3.06. The minimum absolute atomic E-state index is 0.00487. The van der Waals surface area contributed by atoms with E-state index in [2.05, 4.69) is 5.32 Å². The molecule has 2 aromatic carbocycles. The predicted molar refractivity (Wildman–Crippen MR) is 76.2 cm³/mol. The number of rotatable bonds is 2. The second-order valence-corrected chi connectivity index (χ2v) is 4.85. The average Bonchev–Trinajstić information content (AvgIpc) is 2.46. The molecule has 2 N–H and O–H groups in total. The number of hydrogen-bond acceptors (Lipinski definition) is 3. The maximum absolute atomic E-state index is 11.8. The number of phenolic OH excluding ortho intramolecular Hbond substituents is 1. The summed E-state index contributed by atoms with van der Waals surface area (Å²) in [4.78, 5) is 11.8. The fourth-order valence-electron chi connectivity index (χ4n) is 2.59. The Morgan fingerprint density at radius 2 is 1.95 bits per heavy atom. The van der Waals surface area contributed by atoms with Crippen LogP contribution in [0.5, 0.6) is 11.5 Å². The molecular formula is C16H15NO3. The predicted octanol–water partition coefficient (Wildman–Crippen LogP) is 2.87. The summed E-state index contributed by atoms with van der Waals surface area (Å²) in [6.45, 7) is 0. The van der Waals surface area contributed by atoms with Crippen LogP contribution >= 0.6 is 0 Å². The van der Waals surface area contributed by atoms with Crippen LogP contribution in [-0.4, -0.2) is 18.1 Å². The lowest BCUT2D eigenvalue weighted by Gasteiger charge is -2.26. The number of phenols is 1. The zero-order chi connectivity index (χ0) is 14.1. The van der Waals surface area contributed by atoms with E-state index >= 15 is 0 Å². The first kappa shape index (κ1) is 12.5. The molecule has 1 atom stereocenters. The van der Waals surface area contributed by atoms with Crippen LogP contribution in [0.2, 0.25) is 0 Å². The van der Waals surface area contributed by atoms with Crippen LogP contribution in [0.4, 0.5) is 5.69 Å². The summed E-state index contributed by atoms with van der Waals surface area (Å²) in [5.74, 6) is 0.911. The van der Waals surface area contributed by atoms with Gasteiger partial charge in [0.25, 0.3) is 0 Å². The number of carbonyl (C=O) groups excluding carboxylic acids is 1. The molecule has 0 aromatic heterocycles. The summed E-state index contributed by atoms with van der Waals surface area (Å²) < 4.78 is 5.15. The maximum Gasteiger partial charge on any atom is 0.225 e. The van der Waals surface area contributed by atoms with Gasteiger partial charge in [0.2, 0.25) is 5.91 Å². The lowest BCUT2D eigenvalue weighted by molar-refractivity contribution is -0.116. The molecule has 0 spiro atoms. The normalized spacial score (nSPS) is 17.2. The molecule has 0 radical (unpaired) electrons. The highest BCUT2D eigenvalue weighted by atomic mass is 16.5. The summed E-state index contributed by atoms with van der Waals surface area (Å²) in [6.07, 6.45) is 0.407. The largest absolute Gasteiger partial charge is 0.508 e. The van der Waals surface area contributed by atoms with Crippen molar-refractivity contribution >= 4 is 11.6 Å². The molecule has 4 nitrogen and oxygen atoms in total. The number of anilines is 1. The van der Waals surface area contributed by atoms with E-state index in [0.717, 1.165) is 16.9 Å². The lowest BCUT2D eigenvalue weighted by atomic mass is 9.85. The molecule has 0 bridgehead atoms. The van der Waals surface area contributed by atoms with Crippen LogP contribution in [0.1, 0.15) is 23.5 Å². The Morgan fingerprint density at radius 1 is 1.20 bits per heavy atom. The molecule has 0 fully saturated rings. The molecule has 2 aromatic rings. The summed E-state index contributed by atoms with van der Waals surface area (Å²) >= 11 is 0. The van der Waals surface area contributed by atoms with Gasteiger partial charge in [0.15, 0.2) is 0 Å². The smallest absolute Gasteiger partial charge is 0.225 e. The van der Waals surface area contributed by atoms with E-state index < -0.39 is 0 Å². The number of aromatic hydroxyl groups is 1. The number of benzene rings is 2. The van der Waals surface area contributed by atoms with Gasteiger partial charge in [-0.05, 0) is 29.3 Å². The third kappa shape index (κ3) is 2.20. The van der Waals surface area contributed by atoms with Gasteiger partial charge in [-0.1, -0.05) is 18.2 Å². The number of carbonyl (C=O) groups is 1. The quantitative estimate of drug-likeness (QED) is 0.881. The van der Waals surface area contributed by atoms with Gasteiger partial charge in [0.1, 0.15) is 11.5 Å². The highest BCUT2D eigenvalue weighted by Crippen LogP contribution is 2.38. The van der Waals surface area contributed by atoms with Crippen molar-refractivity contribution in [3.63, 3.8) is 0 Å². The second kappa shape index (κ2) is 4.89. The monoisotopic (exact) mass is 269 g/mol. The fourth-order valence-corrected chi connectivity index (χ4v) is 2.59. The van der Waals surface area contributed by atoms with Crippen LogP contribution < -0.4 is 10.1 Å². The summed E-state index contributed by atoms with van der Waals surface area (Å²) in [5, 5.41) is 12.3. The van der Waals surface area contributed by atoms with Gasteiger partial charge in [0.05, 0.1) is 7.11 Å². The van der Waals surface area contributed by atoms with Crippen LogP contribution in [0.25, 0.3) is 0 Å². The zero-order valence-electron chi connectivity index (χ0n) is 11.1. The second-order valence-electron chi connectivity index (χ2n) is 4.85. The minimum Gasteiger partial charge on any atom is -0.508 e. The molecule has 0 saturated heterocycles. The van der Waals surface area contributed by atoms with Gasteiger partial charge >= 0.3 is 0 Å². The average molecular weight is 269 g/mol. The third-order valence-electron chi connectivity index (χ3n) is 3.59. The van der Waals surface area contributed by atoms with E-state index in [1.54, 1.807) is 19.2 Å². The highest BCUT2D eigenvalue weighted by molar-refractivity contribution is 5.95. The van der Waals surface area contributed by atoms with Crippen molar-refractivity contribution in [2.45, 2.75) is 12.3 Å². The molecule has 1 heterocycles. The van der Waals surface area contributed by atoms with Gasteiger partial charge in [0, 0.05) is 24.1 Å². The van der Waals surface area contributed by atoms with Gasteiger partial charge in [-0.2, -0.15) is 0 Å². The van der Waals surface area contributed by atoms with Crippen molar-refractivity contribution in [1.29, 1.82) is 0 Å². The molecule has 3 rings (SSSR count). The van der Waals surface area contributed by atoms with Gasteiger partial charge in [-0.3, -0.25) is 4.79 Å². The van der Waals surface area contributed by atoms with E-state index in [0.29, 0.717) is 12.1 Å². The summed E-state index contributed by atoms with van der Waals surface area (Å²) in [7, 11) is 1.63. The Morgan fingerprint density at radius 3 is 2.65 bits per heavy atom. The van der Waals surface area contributed by atoms with Crippen molar-refractivity contribution in [3.8, 4) is 11.5 Å². The van der Waals surface area contributed by atoms with Crippen LogP contribution in [0, 0.1) is 0 Å². The van der Waals surface area contributed by atoms with Crippen molar-refractivity contribution in [2.75, 3.05) is 12.4 Å². The topological polar surface area (TPSA) is 58.6 Å². The zero-order valence-corrected chi connectivity index (χ0v) is 11.1. The molecule has 0 unspecified atom stereocenters. The number of methoxy groups -OCH3 is 1. The maximum atomic E-state index is 11.8. The van der Waals surface area contributed by atoms with Crippen molar-refractivity contribution in [2.24, 2.45) is 0 Å². The number of hydrogen-bond donors (Lipinski definition) is 2. The van der Waals surface area contributed by atoms with Gasteiger partial charge in [-0.25, -0.2) is 0 Å². The van der Waals surface area contributed by atoms with Crippen molar-refractivity contribution in [3.05, 3.63) is 53.6 Å². The fraction of sp³-hybridized carbons (Fsp3) is 0.188. The van der Waals surface area contributed by atoms with E-state index in [1.165, 1.54) is 0 Å². The van der Waals surface area contributed by atoms with E-state index in [-0.39, 0.29) is 17.6 Å². The first-order valence-corrected chi connectivity index (χ1v) is 6.44. The van der Waals surface area contributed by atoms with Crippen LogP contribution in [-0.2, 0) is 4.79 Å². The Hall–Kier alpha value is -2.49. The summed E-state index contributed by atoms with van der Waals surface area (Å²) in [6, 6.07) is 12.8. The molecule has 20 heavy (non-hydrogen) atoms. The number of nitrogens with one attached hydrogen (secondary N) is 1. The number of fused-ring (bicyclic) bond motifs is 1. The third-order valence-corrected chi connectivity index (χ3v) is 3.59. The molecule has 102 valence electrons. The molecule has 1 aliphatic rings.